The number of amides is 2. The quantitative estimate of drug-likeness (QED) is 0.910. The number of aromatic nitrogens is 1. The maximum atomic E-state index is 13.1. The number of anilines is 1. The third-order valence-corrected chi connectivity index (χ3v) is 6.20. The number of nitrogen functional groups attached to an aromatic ring is 1. The van der Waals surface area contributed by atoms with Gasteiger partial charge in [-0.1, -0.05) is 6.42 Å². The van der Waals surface area contributed by atoms with E-state index in [4.69, 9.17) is 5.73 Å². The molecule has 3 heterocycles. The summed E-state index contributed by atoms with van der Waals surface area (Å²) in [5.74, 6) is 1.27. The molecular formula is C19H26N4O2. The van der Waals surface area contributed by atoms with Gasteiger partial charge in [-0.25, -0.2) is 4.98 Å². The first-order chi connectivity index (χ1) is 12.1. The molecule has 0 aromatic carbocycles. The van der Waals surface area contributed by atoms with Gasteiger partial charge in [0.05, 0.1) is 5.41 Å². The summed E-state index contributed by atoms with van der Waals surface area (Å²) in [5, 5.41) is 0. The van der Waals surface area contributed by atoms with Crippen molar-refractivity contribution in [3.8, 4) is 0 Å². The molecule has 6 nitrogen and oxygen atoms in total. The van der Waals surface area contributed by atoms with E-state index in [0.717, 1.165) is 32.4 Å². The number of pyridine rings is 1. The van der Waals surface area contributed by atoms with Crippen LogP contribution in [0.4, 0.5) is 5.82 Å². The minimum Gasteiger partial charge on any atom is -0.384 e. The highest BCUT2D eigenvalue weighted by Crippen LogP contribution is 2.41. The second-order valence-corrected chi connectivity index (χ2v) is 7.88. The van der Waals surface area contributed by atoms with E-state index in [1.165, 1.54) is 19.3 Å². The zero-order valence-electron chi connectivity index (χ0n) is 14.6. The maximum absolute atomic E-state index is 13.1. The molecule has 2 N–H and O–H groups in total. The van der Waals surface area contributed by atoms with E-state index in [1.54, 1.807) is 18.3 Å². The molecule has 6 heteroatoms. The van der Waals surface area contributed by atoms with Crippen LogP contribution in [0.15, 0.2) is 18.3 Å². The second-order valence-electron chi connectivity index (χ2n) is 7.88. The van der Waals surface area contributed by atoms with E-state index in [9.17, 15) is 9.59 Å². The standard InChI is InChI=1S/C19H26N4O2/c20-16-11-15(5-8-21-16)17(24)23-10-7-19(13-23)6-2-9-22(18(19)25)12-14-3-1-4-14/h5,8,11,14H,1-4,6-7,9-10,12-13H2,(H2,20,21)/t19-/m1/s1. The molecule has 2 amide bonds. The first-order valence-electron chi connectivity index (χ1n) is 9.38. The van der Waals surface area contributed by atoms with Crippen LogP contribution in [0.1, 0.15) is 48.9 Å². The Bertz CT molecular complexity index is 688. The lowest BCUT2D eigenvalue weighted by Gasteiger charge is -2.42. The molecule has 134 valence electrons. The molecular weight excluding hydrogens is 316 g/mol. The van der Waals surface area contributed by atoms with E-state index in [2.05, 4.69) is 9.88 Å². The van der Waals surface area contributed by atoms with Crippen LogP contribution in [0.25, 0.3) is 0 Å². The first kappa shape index (κ1) is 16.4. The van der Waals surface area contributed by atoms with Gasteiger partial charge in [-0.15, -0.1) is 0 Å². The summed E-state index contributed by atoms with van der Waals surface area (Å²) >= 11 is 0. The van der Waals surface area contributed by atoms with Gasteiger partial charge in [0.15, 0.2) is 0 Å². The molecule has 3 aliphatic rings. The summed E-state index contributed by atoms with van der Waals surface area (Å²) in [6, 6.07) is 3.30. The third kappa shape index (κ3) is 2.98. The third-order valence-electron chi connectivity index (χ3n) is 6.20. The minimum absolute atomic E-state index is 0.0464. The number of likely N-dealkylation sites (tertiary alicyclic amines) is 2. The molecule has 1 aromatic heterocycles. The lowest BCUT2D eigenvalue weighted by Crippen LogP contribution is -2.52. The predicted molar refractivity (Wildman–Crippen MR) is 94.8 cm³/mol. The van der Waals surface area contributed by atoms with Crippen molar-refractivity contribution in [1.82, 2.24) is 14.8 Å². The lowest BCUT2D eigenvalue weighted by molar-refractivity contribution is -0.146. The molecule has 0 bridgehead atoms. The molecule has 1 aliphatic carbocycles. The van der Waals surface area contributed by atoms with E-state index in [1.807, 2.05) is 4.90 Å². The van der Waals surface area contributed by atoms with E-state index < -0.39 is 0 Å². The van der Waals surface area contributed by atoms with Crippen LogP contribution in [0.3, 0.4) is 0 Å². The summed E-state index contributed by atoms with van der Waals surface area (Å²) in [6.45, 7) is 2.97. The van der Waals surface area contributed by atoms with E-state index in [0.29, 0.717) is 30.4 Å². The van der Waals surface area contributed by atoms with E-state index >= 15 is 0 Å². The summed E-state index contributed by atoms with van der Waals surface area (Å²) in [6.07, 6.45) is 8.09. The van der Waals surface area contributed by atoms with Gasteiger partial charge in [0.25, 0.3) is 5.91 Å². The number of hydrogen-bond acceptors (Lipinski definition) is 4. The highest BCUT2D eigenvalue weighted by molar-refractivity contribution is 5.96. The lowest BCUT2D eigenvalue weighted by atomic mass is 9.77. The van der Waals surface area contributed by atoms with Crippen molar-refractivity contribution >= 4 is 17.6 Å². The van der Waals surface area contributed by atoms with Gasteiger partial charge < -0.3 is 15.5 Å². The SMILES string of the molecule is Nc1cc(C(=O)N2CC[C@]3(CCCN(CC4CCC4)C3=O)C2)ccn1. The second kappa shape index (κ2) is 6.32. The Morgan fingerprint density at radius 1 is 1.28 bits per heavy atom. The molecule has 1 spiro atoms. The smallest absolute Gasteiger partial charge is 0.254 e. The summed E-state index contributed by atoms with van der Waals surface area (Å²) in [7, 11) is 0. The first-order valence-corrected chi connectivity index (χ1v) is 9.38. The number of hydrogen-bond donors (Lipinski definition) is 1. The van der Waals surface area contributed by atoms with Crippen LogP contribution >= 0.6 is 0 Å². The van der Waals surface area contributed by atoms with Crippen LogP contribution in [0.5, 0.6) is 0 Å². The van der Waals surface area contributed by atoms with Crippen LogP contribution in [0, 0.1) is 11.3 Å². The van der Waals surface area contributed by atoms with Crippen molar-refractivity contribution in [3.05, 3.63) is 23.9 Å². The molecule has 0 unspecified atom stereocenters. The van der Waals surface area contributed by atoms with Crippen molar-refractivity contribution in [2.45, 2.75) is 38.5 Å². The van der Waals surface area contributed by atoms with Crippen molar-refractivity contribution in [2.75, 3.05) is 31.9 Å². The number of carbonyl (C=O) groups excluding carboxylic acids is 2. The van der Waals surface area contributed by atoms with E-state index in [-0.39, 0.29) is 17.2 Å². The molecule has 1 atom stereocenters. The topological polar surface area (TPSA) is 79.5 Å². The Hall–Kier alpha value is -2.11. The molecule has 25 heavy (non-hydrogen) atoms. The van der Waals surface area contributed by atoms with Gasteiger partial charge in [-0.3, -0.25) is 9.59 Å². The monoisotopic (exact) mass is 342 g/mol. The predicted octanol–water partition coefficient (Wildman–Crippen LogP) is 1.92. The van der Waals surface area contributed by atoms with Crippen molar-refractivity contribution in [1.29, 1.82) is 0 Å². The maximum Gasteiger partial charge on any atom is 0.254 e. The van der Waals surface area contributed by atoms with Crippen LogP contribution in [-0.4, -0.2) is 52.8 Å². The molecule has 0 radical (unpaired) electrons. The van der Waals surface area contributed by atoms with Crippen molar-refractivity contribution in [2.24, 2.45) is 11.3 Å². The van der Waals surface area contributed by atoms with Gasteiger partial charge >= 0.3 is 0 Å². The Labute approximate surface area is 148 Å². The largest absolute Gasteiger partial charge is 0.384 e. The molecule has 1 aromatic rings. The average Bonchev–Trinajstić information content (AvgIpc) is 2.99. The highest BCUT2D eigenvalue weighted by atomic mass is 16.2. The average molecular weight is 342 g/mol. The number of nitrogens with two attached hydrogens (primary N) is 1. The van der Waals surface area contributed by atoms with Gasteiger partial charge in [0.1, 0.15) is 5.82 Å². The summed E-state index contributed by atoms with van der Waals surface area (Å²) in [5.41, 5.74) is 5.88. The van der Waals surface area contributed by atoms with Crippen molar-refractivity contribution < 1.29 is 9.59 Å². The van der Waals surface area contributed by atoms with Gasteiger partial charge in [-0.05, 0) is 50.2 Å². The molecule has 1 saturated carbocycles. The minimum atomic E-state index is -0.365. The van der Waals surface area contributed by atoms with Crippen molar-refractivity contribution in [3.63, 3.8) is 0 Å². The fourth-order valence-electron chi connectivity index (χ4n) is 4.50. The van der Waals surface area contributed by atoms with Gasteiger partial charge in [0, 0.05) is 37.9 Å². The zero-order valence-corrected chi connectivity index (χ0v) is 14.6. The number of rotatable bonds is 3. The van der Waals surface area contributed by atoms with Gasteiger partial charge in [-0.2, -0.15) is 0 Å². The highest BCUT2D eigenvalue weighted by Gasteiger charge is 2.49. The number of nitrogens with zero attached hydrogens (tertiary/aromatic N) is 3. The van der Waals surface area contributed by atoms with Crippen LogP contribution in [0.2, 0.25) is 0 Å². The van der Waals surface area contributed by atoms with Gasteiger partial charge in [0.2, 0.25) is 5.91 Å². The number of piperidine rings is 1. The van der Waals surface area contributed by atoms with Crippen LogP contribution < -0.4 is 5.73 Å². The Kier molecular flexibility index (Phi) is 4.13. The summed E-state index contributed by atoms with van der Waals surface area (Å²) in [4.78, 5) is 33.7. The Morgan fingerprint density at radius 3 is 2.84 bits per heavy atom. The fourth-order valence-corrected chi connectivity index (χ4v) is 4.50. The zero-order chi connectivity index (χ0) is 17.4. The Morgan fingerprint density at radius 2 is 2.12 bits per heavy atom. The Balaban J connectivity index is 1.46. The number of carbonyl (C=O) groups is 2. The molecule has 3 fully saturated rings. The summed E-state index contributed by atoms with van der Waals surface area (Å²) < 4.78 is 0. The molecule has 2 aliphatic heterocycles. The molecule has 2 saturated heterocycles. The normalized spacial score (nSPS) is 27.0. The van der Waals surface area contributed by atoms with Crippen LogP contribution in [-0.2, 0) is 4.79 Å². The fraction of sp³-hybridized carbons (Fsp3) is 0.632. The molecule has 4 rings (SSSR count).